The zero-order valence-electron chi connectivity index (χ0n) is 12.7. The van der Waals surface area contributed by atoms with Crippen LogP contribution in [0.1, 0.15) is 10.5 Å². The number of nitrogens with zero attached hydrogens (tertiary/aromatic N) is 2. The first-order chi connectivity index (χ1) is 10.6. The minimum absolute atomic E-state index is 0. The Morgan fingerprint density at radius 3 is 2.22 bits per heavy atom. The number of hydrogen-bond acceptors (Lipinski definition) is 7. The lowest BCUT2D eigenvalue weighted by atomic mass is 10.2. The smallest absolute Gasteiger partial charge is 0.354 e. The molecule has 1 heterocycles. The van der Waals surface area contributed by atoms with Gasteiger partial charge in [0.25, 0.3) is 0 Å². The van der Waals surface area contributed by atoms with Crippen LogP contribution in [0.25, 0.3) is 0 Å². The molecule has 124 valence electrons. The molecule has 9 heteroatoms. The fourth-order valence-electron chi connectivity index (χ4n) is 1.82. The van der Waals surface area contributed by atoms with Crippen LogP contribution < -0.4 is 19.5 Å². The van der Waals surface area contributed by atoms with E-state index in [1.807, 2.05) is 0 Å². The molecule has 0 radical (unpaired) electrons. The quantitative estimate of drug-likeness (QED) is 0.825. The number of nitrogens with one attached hydrogen (secondary N) is 1. The summed E-state index contributed by atoms with van der Waals surface area (Å²) >= 11 is 0. The number of rotatable bonds is 6. The number of aromatic carboxylic acids is 1. The fourth-order valence-corrected chi connectivity index (χ4v) is 1.82. The van der Waals surface area contributed by atoms with Gasteiger partial charge in [0.05, 0.1) is 21.3 Å². The Bertz CT molecular complexity index is 671. The molecule has 0 saturated heterocycles. The van der Waals surface area contributed by atoms with Gasteiger partial charge in [0, 0.05) is 24.0 Å². The fraction of sp³-hybridized carbons (Fsp3) is 0.214. The van der Waals surface area contributed by atoms with Gasteiger partial charge in [0.1, 0.15) is 0 Å². The molecule has 1 aromatic heterocycles. The van der Waals surface area contributed by atoms with Crippen LogP contribution in [0.2, 0.25) is 0 Å². The summed E-state index contributed by atoms with van der Waals surface area (Å²) in [5.41, 5.74) is 0.460. The Balaban J connectivity index is 0.00000264. The first-order valence-corrected chi connectivity index (χ1v) is 6.22. The maximum absolute atomic E-state index is 10.9. The number of carboxylic acids is 1. The Hall–Kier alpha value is -2.74. The standard InChI is InChI=1S/C14H15N3O5.ClH/c1-20-10-6-8(7-11(21-2)12(10)22-3)16-14-15-5-4-9(17-14)13(18)19;/h4-7H,1-3H3,(H,18,19)(H,15,16,17);1H. The summed E-state index contributed by atoms with van der Waals surface area (Å²) in [5, 5.41) is 11.8. The van der Waals surface area contributed by atoms with Gasteiger partial charge in [-0.05, 0) is 6.07 Å². The van der Waals surface area contributed by atoms with Crippen LogP contribution in [0.15, 0.2) is 24.4 Å². The molecular weight excluding hydrogens is 326 g/mol. The molecular formula is C14H16ClN3O5. The maximum atomic E-state index is 10.9. The lowest BCUT2D eigenvalue weighted by molar-refractivity contribution is 0.0690. The highest BCUT2D eigenvalue weighted by Crippen LogP contribution is 2.40. The Labute approximate surface area is 138 Å². The number of aromatic nitrogens is 2. The molecule has 0 unspecified atom stereocenters. The molecule has 0 aliphatic carbocycles. The third-order valence-electron chi connectivity index (χ3n) is 2.80. The van der Waals surface area contributed by atoms with Gasteiger partial charge in [0.15, 0.2) is 17.2 Å². The van der Waals surface area contributed by atoms with Crippen molar-refractivity contribution in [3.63, 3.8) is 0 Å². The zero-order valence-corrected chi connectivity index (χ0v) is 13.5. The van der Waals surface area contributed by atoms with Gasteiger partial charge in [-0.2, -0.15) is 0 Å². The van der Waals surface area contributed by atoms with Crippen molar-refractivity contribution < 1.29 is 24.1 Å². The topological polar surface area (TPSA) is 103 Å². The number of ether oxygens (including phenoxy) is 3. The van der Waals surface area contributed by atoms with Crippen molar-refractivity contribution in [1.82, 2.24) is 9.97 Å². The van der Waals surface area contributed by atoms with Crippen molar-refractivity contribution >= 4 is 30.0 Å². The van der Waals surface area contributed by atoms with E-state index in [4.69, 9.17) is 19.3 Å². The van der Waals surface area contributed by atoms with Crippen molar-refractivity contribution in [2.45, 2.75) is 0 Å². The van der Waals surface area contributed by atoms with Crippen molar-refractivity contribution in [1.29, 1.82) is 0 Å². The second kappa shape index (κ2) is 8.04. The predicted molar refractivity (Wildman–Crippen MR) is 85.6 cm³/mol. The minimum Gasteiger partial charge on any atom is -0.493 e. The molecule has 0 bridgehead atoms. The number of methoxy groups -OCH3 is 3. The van der Waals surface area contributed by atoms with E-state index in [1.165, 1.54) is 33.6 Å². The third-order valence-corrected chi connectivity index (χ3v) is 2.80. The van der Waals surface area contributed by atoms with Crippen LogP contribution in [0.3, 0.4) is 0 Å². The van der Waals surface area contributed by atoms with Crippen LogP contribution >= 0.6 is 12.4 Å². The monoisotopic (exact) mass is 341 g/mol. The minimum atomic E-state index is -1.13. The van der Waals surface area contributed by atoms with Crippen LogP contribution in [0.5, 0.6) is 17.2 Å². The second-order valence-electron chi connectivity index (χ2n) is 4.11. The van der Waals surface area contributed by atoms with Crippen molar-refractivity contribution in [2.24, 2.45) is 0 Å². The van der Waals surface area contributed by atoms with Crippen molar-refractivity contribution in [3.05, 3.63) is 30.1 Å². The van der Waals surface area contributed by atoms with E-state index in [1.54, 1.807) is 12.1 Å². The van der Waals surface area contributed by atoms with E-state index in [2.05, 4.69) is 15.3 Å². The molecule has 0 aliphatic heterocycles. The average Bonchev–Trinajstić information content (AvgIpc) is 2.54. The van der Waals surface area contributed by atoms with E-state index in [-0.39, 0.29) is 24.0 Å². The molecule has 23 heavy (non-hydrogen) atoms. The van der Waals surface area contributed by atoms with Gasteiger partial charge < -0.3 is 24.6 Å². The molecule has 2 rings (SSSR count). The Morgan fingerprint density at radius 2 is 1.74 bits per heavy atom. The number of benzene rings is 1. The summed E-state index contributed by atoms with van der Waals surface area (Å²) in [4.78, 5) is 18.8. The molecule has 0 spiro atoms. The summed E-state index contributed by atoms with van der Waals surface area (Å²) in [6, 6.07) is 4.64. The number of anilines is 2. The summed E-state index contributed by atoms with van der Waals surface area (Å²) in [6.45, 7) is 0. The molecule has 8 nitrogen and oxygen atoms in total. The van der Waals surface area contributed by atoms with Gasteiger partial charge in [-0.25, -0.2) is 14.8 Å². The van der Waals surface area contributed by atoms with Crippen molar-refractivity contribution in [2.75, 3.05) is 26.6 Å². The molecule has 1 aromatic carbocycles. The highest BCUT2D eigenvalue weighted by molar-refractivity contribution is 5.85. The summed E-state index contributed by atoms with van der Waals surface area (Å²) in [6.07, 6.45) is 1.36. The van der Waals surface area contributed by atoms with E-state index < -0.39 is 5.97 Å². The second-order valence-corrected chi connectivity index (χ2v) is 4.11. The lowest BCUT2D eigenvalue weighted by Crippen LogP contribution is -2.05. The van der Waals surface area contributed by atoms with Gasteiger partial charge in [-0.3, -0.25) is 0 Å². The molecule has 2 N–H and O–H groups in total. The normalized spacial score (nSPS) is 9.52. The van der Waals surface area contributed by atoms with Gasteiger partial charge in [-0.15, -0.1) is 12.4 Å². The Kier molecular flexibility index (Phi) is 6.40. The average molecular weight is 342 g/mol. The predicted octanol–water partition coefficient (Wildman–Crippen LogP) is 2.37. The lowest BCUT2D eigenvalue weighted by Gasteiger charge is -2.14. The van der Waals surface area contributed by atoms with Crippen LogP contribution in [-0.2, 0) is 0 Å². The van der Waals surface area contributed by atoms with E-state index >= 15 is 0 Å². The number of halogens is 1. The molecule has 0 saturated carbocycles. The highest BCUT2D eigenvalue weighted by atomic mass is 35.5. The highest BCUT2D eigenvalue weighted by Gasteiger charge is 2.14. The van der Waals surface area contributed by atoms with Crippen LogP contribution in [-0.4, -0.2) is 42.4 Å². The SMILES string of the molecule is COc1cc(Nc2nccc(C(=O)O)n2)cc(OC)c1OC.Cl. The van der Waals surface area contributed by atoms with E-state index in [0.717, 1.165) is 0 Å². The number of hydrogen-bond donors (Lipinski definition) is 2. The van der Waals surface area contributed by atoms with E-state index in [0.29, 0.717) is 22.9 Å². The third kappa shape index (κ3) is 4.13. The van der Waals surface area contributed by atoms with Crippen molar-refractivity contribution in [3.8, 4) is 17.2 Å². The van der Waals surface area contributed by atoms with Gasteiger partial charge in [0.2, 0.25) is 11.7 Å². The molecule has 2 aromatic rings. The number of carbonyl (C=O) groups is 1. The van der Waals surface area contributed by atoms with Gasteiger partial charge in [-0.1, -0.05) is 0 Å². The molecule has 0 aliphatic rings. The molecule has 0 fully saturated rings. The number of carboxylic acid groups (broad SMARTS) is 1. The first-order valence-electron chi connectivity index (χ1n) is 6.22. The van der Waals surface area contributed by atoms with Gasteiger partial charge >= 0.3 is 5.97 Å². The van der Waals surface area contributed by atoms with E-state index in [9.17, 15) is 4.79 Å². The maximum Gasteiger partial charge on any atom is 0.354 e. The first kappa shape index (κ1) is 18.3. The van der Waals surface area contributed by atoms with Crippen LogP contribution in [0, 0.1) is 0 Å². The summed E-state index contributed by atoms with van der Waals surface area (Å²) in [5.74, 6) is 0.387. The molecule has 0 amide bonds. The Morgan fingerprint density at radius 1 is 1.13 bits per heavy atom. The summed E-state index contributed by atoms with van der Waals surface area (Å²) < 4.78 is 15.7. The zero-order chi connectivity index (χ0) is 16.1. The summed E-state index contributed by atoms with van der Waals surface area (Å²) in [7, 11) is 4.51. The largest absolute Gasteiger partial charge is 0.493 e. The molecule has 0 atom stereocenters. The van der Waals surface area contributed by atoms with Crippen LogP contribution in [0.4, 0.5) is 11.6 Å².